The lowest BCUT2D eigenvalue weighted by Crippen LogP contribution is -2.24. The fraction of sp³-hybridized carbons (Fsp3) is 0.130. The van der Waals surface area contributed by atoms with Gasteiger partial charge in [-0.15, -0.1) is 0 Å². The summed E-state index contributed by atoms with van der Waals surface area (Å²) in [6.45, 7) is 3.42. The summed E-state index contributed by atoms with van der Waals surface area (Å²) < 4.78 is 20.2. The van der Waals surface area contributed by atoms with Crippen LogP contribution in [-0.4, -0.2) is 21.0 Å². The highest BCUT2D eigenvalue weighted by molar-refractivity contribution is 6.03. The molecule has 4 aromatic rings. The first-order chi connectivity index (χ1) is 14.6. The van der Waals surface area contributed by atoms with Gasteiger partial charge in [-0.2, -0.15) is 0 Å². The van der Waals surface area contributed by atoms with E-state index in [0.29, 0.717) is 17.0 Å². The van der Waals surface area contributed by atoms with E-state index in [0.717, 1.165) is 12.0 Å². The Morgan fingerprint density at radius 2 is 1.87 bits per heavy atom. The molecule has 0 aliphatic rings. The second-order valence-corrected chi connectivity index (χ2v) is 6.66. The van der Waals surface area contributed by atoms with Crippen LogP contribution in [-0.2, 0) is 11.2 Å². The summed E-state index contributed by atoms with van der Waals surface area (Å²) in [5, 5.41) is 4.22. The quantitative estimate of drug-likeness (QED) is 0.460. The number of rotatable bonds is 5. The Morgan fingerprint density at radius 3 is 2.50 bits per heavy atom. The fourth-order valence-electron chi connectivity index (χ4n) is 3.25. The zero-order valence-corrected chi connectivity index (χ0v) is 16.5. The van der Waals surface area contributed by atoms with E-state index in [-0.39, 0.29) is 11.6 Å². The zero-order chi connectivity index (χ0) is 21.1. The number of nitrogens with zero attached hydrogens (tertiary/aromatic N) is 4. The Balaban J connectivity index is 1.95. The van der Waals surface area contributed by atoms with Crippen molar-refractivity contribution in [3.05, 3.63) is 78.5 Å². The predicted molar refractivity (Wildman–Crippen MR) is 112 cm³/mol. The highest BCUT2D eigenvalue weighted by Crippen LogP contribution is 2.41. The Labute approximate surface area is 173 Å². The van der Waals surface area contributed by atoms with Crippen LogP contribution in [0.4, 0.5) is 16.0 Å². The molecular formula is C23H19FN4O2. The van der Waals surface area contributed by atoms with Crippen molar-refractivity contribution in [1.29, 1.82) is 0 Å². The molecule has 30 heavy (non-hydrogen) atoms. The van der Waals surface area contributed by atoms with Crippen LogP contribution < -0.4 is 4.90 Å². The van der Waals surface area contributed by atoms with Crippen molar-refractivity contribution in [2.75, 3.05) is 4.90 Å². The number of hydrogen-bond donors (Lipinski definition) is 0. The number of para-hydroxylation sites is 1. The SMILES string of the molecule is CCc1ccc(-c2noc(N(C(C)=O)c3ccccc3F)c2-c2ccncn2)cc1. The van der Waals surface area contributed by atoms with Gasteiger partial charge in [0.05, 0.1) is 16.9 Å². The maximum Gasteiger partial charge on any atom is 0.248 e. The molecule has 0 aliphatic carbocycles. The van der Waals surface area contributed by atoms with Crippen molar-refractivity contribution in [1.82, 2.24) is 15.1 Å². The van der Waals surface area contributed by atoms with Gasteiger partial charge in [-0.3, -0.25) is 4.79 Å². The molecule has 0 bridgehead atoms. The van der Waals surface area contributed by atoms with Gasteiger partial charge in [-0.05, 0) is 30.2 Å². The minimum atomic E-state index is -0.549. The standard InChI is InChI=1S/C23H19FN4O2/c1-3-16-8-10-17(11-9-16)22-21(19-12-13-25-14-26-19)23(30-27-22)28(15(2)29)20-7-5-4-6-18(20)24/h4-14H,3H2,1-2H3. The topological polar surface area (TPSA) is 72.1 Å². The summed E-state index contributed by atoms with van der Waals surface area (Å²) in [7, 11) is 0. The summed E-state index contributed by atoms with van der Waals surface area (Å²) in [5.74, 6) is -0.869. The summed E-state index contributed by atoms with van der Waals surface area (Å²) in [6, 6.07) is 15.6. The second-order valence-electron chi connectivity index (χ2n) is 6.66. The van der Waals surface area contributed by atoms with Crippen LogP contribution in [0, 0.1) is 5.82 Å². The summed E-state index contributed by atoms with van der Waals surface area (Å²) in [4.78, 5) is 22.0. The van der Waals surface area contributed by atoms with Crippen LogP contribution in [0.5, 0.6) is 0 Å². The number of aryl methyl sites for hydroxylation is 1. The first kappa shape index (κ1) is 19.4. The van der Waals surface area contributed by atoms with Gasteiger partial charge in [0.1, 0.15) is 17.8 Å². The van der Waals surface area contributed by atoms with E-state index in [1.165, 1.54) is 35.8 Å². The molecule has 6 nitrogen and oxygen atoms in total. The third-order valence-corrected chi connectivity index (χ3v) is 4.76. The monoisotopic (exact) mass is 402 g/mol. The number of anilines is 2. The molecule has 0 spiro atoms. The third kappa shape index (κ3) is 3.57. The smallest absolute Gasteiger partial charge is 0.248 e. The van der Waals surface area contributed by atoms with Crippen LogP contribution in [0.15, 0.2) is 71.6 Å². The van der Waals surface area contributed by atoms with Crippen LogP contribution in [0.1, 0.15) is 19.4 Å². The van der Waals surface area contributed by atoms with E-state index in [9.17, 15) is 9.18 Å². The van der Waals surface area contributed by atoms with Gasteiger partial charge in [0.15, 0.2) is 0 Å². The molecular weight excluding hydrogens is 383 g/mol. The number of halogens is 1. The lowest BCUT2D eigenvalue weighted by molar-refractivity contribution is -0.116. The minimum absolute atomic E-state index is 0.0735. The van der Waals surface area contributed by atoms with Crippen molar-refractivity contribution in [2.24, 2.45) is 0 Å². The van der Waals surface area contributed by atoms with E-state index in [4.69, 9.17) is 4.52 Å². The number of aromatic nitrogens is 3. The Morgan fingerprint density at radius 1 is 1.10 bits per heavy atom. The maximum absolute atomic E-state index is 14.6. The number of amides is 1. The second kappa shape index (κ2) is 8.24. The van der Waals surface area contributed by atoms with Gasteiger partial charge in [-0.25, -0.2) is 19.3 Å². The normalized spacial score (nSPS) is 10.8. The number of carbonyl (C=O) groups excluding carboxylic acids is 1. The molecule has 1 amide bonds. The summed E-state index contributed by atoms with van der Waals surface area (Å²) in [5.41, 5.74) is 3.56. The average Bonchev–Trinajstić information content (AvgIpc) is 3.20. The molecule has 0 saturated heterocycles. The van der Waals surface area contributed by atoms with Gasteiger partial charge < -0.3 is 4.52 Å². The molecule has 0 fully saturated rings. The lowest BCUT2D eigenvalue weighted by atomic mass is 10.0. The van der Waals surface area contributed by atoms with Crippen LogP contribution in [0.2, 0.25) is 0 Å². The number of benzene rings is 2. The molecule has 2 aromatic heterocycles. The van der Waals surface area contributed by atoms with Crippen LogP contribution in [0.25, 0.3) is 22.5 Å². The largest absolute Gasteiger partial charge is 0.336 e. The molecule has 0 aliphatic heterocycles. The van der Waals surface area contributed by atoms with Gasteiger partial charge >= 0.3 is 0 Å². The molecule has 0 atom stereocenters. The first-order valence-corrected chi connectivity index (χ1v) is 9.50. The molecule has 0 N–H and O–H groups in total. The highest BCUT2D eigenvalue weighted by atomic mass is 19.1. The van der Waals surface area contributed by atoms with E-state index in [1.54, 1.807) is 24.4 Å². The molecule has 0 unspecified atom stereocenters. The van der Waals surface area contributed by atoms with E-state index >= 15 is 0 Å². The molecule has 0 saturated carbocycles. The highest BCUT2D eigenvalue weighted by Gasteiger charge is 2.29. The van der Waals surface area contributed by atoms with E-state index in [1.807, 2.05) is 24.3 Å². The van der Waals surface area contributed by atoms with E-state index in [2.05, 4.69) is 22.0 Å². The first-order valence-electron chi connectivity index (χ1n) is 9.50. The zero-order valence-electron chi connectivity index (χ0n) is 16.5. The molecule has 4 rings (SSSR count). The third-order valence-electron chi connectivity index (χ3n) is 4.76. The van der Waals surface area contributed by atoms with E-state index < -0.39 is 11.7 Å². The number of carbonyl (C=O) groups is 1. The van der Waals surface area contributed by atoms with Crippen LogP contribution in [0.3, 0.4) is 0 Å². The predicted octanol–water partition coefficient (Wildman–Crippen LogP) is 5.18. The minimum Gasteiger partial charge on any atom is -0.336 e. The Bertz CT molecular complexity index is 1170. The van der Waals surface area contributed by atoms with Crippen molar-refractivity contribution in [3.8, 4) is 22.5 Å². The molecule has 7 heteroatoms. The van der Waals surface area contributed by atoms with Crippen LogP contribution >= 0.6 is 0 Å². The fourth-order valence-corrected chi connectivity index (χ4v) is 3.25. The summed E-state index contributed by atoms with van der Waals surface area (Å²) >= 11 is 0. The lowest BCUT2D eigenvalue weighted by Gasteiger charge is -2.19. The average molecular weight is 402 g/mol. The Kier molecular flexibility index (Phi) is 5.34. The maximum atomic E-state index is 14.6. The Hall–Kier alpha value is -3.87. The molecule has 2 heterocycles. The van der Waals surface area contributed by atoms with Gasteiger partial charge in [0.2, 0.25) is 11.8 Å². The van der Waals surface area contributed by atoms with Crippen molar-refractivity contribution in [3.63, 3.8) is 0 Å². The van der Waals surface area contributed by atoms with Crippen molar-refractivity contribution in [2.45, 2.75) is 20.3 Å². The molecule has 2 aromatic carbocycles. The number of hydrogen-bond acceptors (Lipinski definition) is 5. The van der Waals surface area contributed by atoms with Gasteiger partial charge in [0, 0.05) is 18.7 Å². The summed E-state index contributed by atoms with van der Waals surface area (Å²) in [6.07, 6.45) is 3.90. The van der Waals surface area contributed by atoms with Gasteiger partial charge in [-0.1, -0.05) is 48.5 Å². The molecule has 0 radical (unpaired) electrons. The van der Waals surface area contributed by atoms with Gasteiger partial charge in [0.25, 0.3) is 0 Å². The van der Waals surface area contributed by atoms with Crippen molar-refractivity contribution >= 4 is 17.5 Å². The molecule has 150 valence electrons. The van der Waals surface area contributed by atoms with Crippen molar-refractivity contribution < 1.29 is 13.7 Å².